The lowest BCUT2D eigenvalue weighted by Crippen LogP contribution is -2.52. The Morgan fingerprint density at radius 3 is 2.73 bits per heavy atom. The number of halogens is 1. The predicted octanol–water partition coefficient (Wildman–Crippen LogP) is 1.37. The second kappa shape index (κ2) is 2.12. The molecule has 3 aliphatic rings. The Kier molecular flexibility index (Phi) is 1.36. The van der Waals surface area contributed by atoms with E-state index in [9.17, 15) is 0 Å². The summed E-state index contributed by atoms with van der Waals surface area (Å²) in [7, 11) is 0. The Morgan fingerprint density at radius 2 is 2.09 bits per heavy atom. The predicted molar refractivity (Wildman–Crippen MR) is 49.0 cm³/mol. The largest absolute Gasteiger partial charge is 0.380 e. The lowest BCUT2D eigenvalue weighted by molar-refractivity contribution is -0.120. The van der Waals surface area contributed by atoms with Gasteiger partial charge in [0.15, 0.2) is 0 Å². The molecule has 2 saturated heterocycles. The Balaban J connectivity index is 1.81. The second-order valence-corrected chi connectivity index (χ2v) is 5.48. The first-order valence-electron chi connectivity index (χ1n) is 4.17. The van der Waals surface area contributed by atoms with Crippen molar-refractivity contribution in [3.8, 4) is 0 Å². The van der Waals surface area contributed by atoms with E-state index < -0.39 is 0 Å². The Bertz CT molecular complexity index is 191. The van der Waals surface area contributed by atoms with Gasteiger partial charge in [0.2, 0.25) is 0 Å². The van der Waals surface area contributed by atoms with Gasteiger partial charge in [-0.05, 0) is 12.8 Å². The number of ether oxygens (including phenoxy) is 2. The maximum absolute atomic E-state index is 5.52. The molecule has 62 valence electrons. The molecule has 3 rings (SSSR count). The number of alkyl halides is 1. The van der Waals surface area contributed by atoms with Crippen LogP contribution in [-0.2, 0) is 9.47 Å². The van der Waals surface area contributed by atoms with Crippen LogP contribution in [0.5, 0.6) is 0 Å². The van der Waals surface area contributed by atoms with Gasteiger partial charge in [0.1, 0.15) is 0 Å². The molecule has 0 aromatic rings. The standard InChI is InChI=1S/C8H11IO2/c9-7-1-5-6(11-5)2-8(7)3-10-4-8/h5-7H,1-4H2. The molecule has 1 saturated carbocycles. The van der Waals surface area contributed by atoms with E-state index in [1.807, 2.05) is 0 Å². The summed E-state index contributed by atoms with van der Waals surface area (Å²) in [6.45, 7) is 1.96. The van der Waals surface area contributed by atoms with Gasteiger partial charge >= 0.3 is 0 Å². The first kappa shape index (κ1) is 7.09. The molecule has 11 heavy (non-hydrogen) atoms. The Hall–Kier alpha value is 0.650. The summed E-state index contributed by atoms with van der Waals surface area (Å²) >= 11 is 2.57. The van der Waals surface area contributed by atoms with E-state index >= 15 is 0 Å². The maximum Gasteiger partial charge on any atom is 0.0852 e. The second-order valence-electron chi connectivity index (χ2n) is 3.98. The van der Waals surface area contributed by atoms with Gasteiger partial charge in [-0.3, -0.25) is 0 Å². The van der Waals surface area contributed by atoms with E-state index in [2.05, 4.69) is 22.6 Å². The van der Waals surface area contributed by atoms with Crippen molar-refractivity contribution in [1.82, 2.24) is 0 Å². The minimum atomic E-state index is 0.512. The summed E-state index contributed by atoms with van der Waals surface area (Å²) in [5.41, 5.74) is 0.512. The maximum atomic E-state index is 5.52. The summed E-state index contributed by atoms with van der Waals surface area (Å²) in [4.78, 5) is 0. The molecule has 1 aliphatic carbocycles. The number of fused-ring (bicyclic) bond motifs is 1. The van der Waals surface area contributed by atoms with Gasteiger partial charge in [0.25, 0.3) is 0 Å². The van der Waals surface area contributed by atoms with Gasteiger partial charge in [-0.1, -0.05) is 22.6 Å². The van der Waals surface area contributed by atoms with E-state index in [4.69, 9.17) is 9.47 Å². The molecule has 0 N–H and O–H groups in total. The van der Waals surface area contributed by atoms with Crippen LogP contribution in [0.15, 0.2) is 0 Å². The first-order chi connectivity index (χ1) is 5.30. The van der Waals surface area contributed by atoms with E-state index in [1.54, 1.807) is 0 Å². The van der Waals surface area contributed by atoms with Crippen LogP contribution < -0.4 is 0 Å². The molecule has 0 bridgehead atoms. The van der Waals surface area contributed by atoms with Gasteiger partial charge in [0, 0.05) is 9.34 Å². The van der Waals surface area contributed by atoms with Crippen LogP contribution >= 0.6 is 22.6 Å². The van der Waals surface area contributed by atoms with Crippen molar-refractivity contribution in [1.29, 1.82) is 0 Å². The Labute approximate surface area is 79.8 Å². The monoisotopic (exact) mass is 266 g/mol. The number of hydrogen-bond acceptors (Lipinski definition) is 2. The normalized spacial score (nSPS) is 51.5. The first-order valence-corrected chi connectivity index (χ1v) is 5.42. The summed E-state index contributed by atoms with van der Waals surface area (Å²) < 4.78 is 11.6. The summed E-state index contributed by atoms with van der Waals surface area (Å²) in [5.74, 6) is 0. The third kappa shape index (κ3) is 0.906. The highest BCUT2D eigenvalue weighted by Crippen LogP contribution is 2.52. The van der Waals surface area contributed by atoms with Crippen molar-refractivity contribution in [2.24, 2.45) is 5.41 Å². The van der Waals surface area contributed by atoms with E-state index in [1.165, 1.54) is 12.8 Å². The zero-order valence-electron chi connectivity index (χ0n) is 6.25. The van der Waals surface area contributed by atoms with E-state index in [-0.39, 0.29) is 0 Å². The van der Waals surface area contributed by atoms with Gasteiger partial charge in [-0.2, -0.15) is 0 Å². The van der Waals surface area contributed by atoms with Gasteiger partial charge in [0.05, 0.1) is 25.4 Å². The third-order valence-corrected chi connectivity index (χ3v) is 5.01. The summed E-state index contributed by atoms with van der Waals surface area (Å²) in [6, 6.07) is 0. The molecular weight excluding hydrogens is 255 g/mol. The minimum Gasteiger partial charge on any atom is -0.380 e. The van der Waals surface area contributed by atoms with Gasteiger partial charge < -0.3 is 9.47 Å². The highest BCUT2D eigenvalue weighted by molar-refractivity contribution is 14.1. The van der Waals surface area contributed by atoms with E-state index in [0.29, 0.717) is 17.6 Å². The lowest BCUT2D eigenvalue weighted by atomic mass is 9.73. The topological polar surface area (TPSA) is 21.8 Å². The van der Waals surface area contributed by atoms with Crippen molar-refractivity contribution < 1.29 is 9.47 Å². The van der Waals surface area contributed by atoms with E-state index in [0.717, 1.165) is 17.1 Å². The number of rotatable bonds is 0. The molecule has 0 aromatic carbocycles. The van der Waals surface area contributed by atoms with Crippen LogP contribution in [0.25, 0.3) is 0 Å². The van der Waals surface area contributed by atoms with Crippen LogP contribution in [-0.4, -0.2) is 29.3 Å². The SMILES string of the molecule is IC1CC2OC2CC12COC2. The van der Waals surface area contributed by atoms with Crippen molar-refractivity contribution in [3.63, 3.8) is 0 Å². The lowest BCUT2D eigenvalue weighted by Gasteiger charge is -2.46. The molecule has 2 heterocycles. The van der Waals surface area contributed by atoms with Crippen LogP contribution in [0.4, 0.5) is 0 Å². The van der Waals surface area contributed by atoms with Crippen molar-refractivity contribution in [2.45, 2.75) is 29.0 Å². The van der Waals surface area contributed by atoms with Crippen molar-refractivity contribution >= 4 is 22.6 Å². The Morgan fingerprint density at radius 1 is 1.27 bits per heavy atom. The molecule has 1 spiro atoms. The zero-order valence-corrected chi connectivity index (χ0v) is 8.41. The van der Waals surface area contributed by atoms with Gasteiger partial charge in [-0.25, -0.2) is 0 Å². The quantitative estimate of drug-likeness (QED) is 0.375. The molecule has 3 unspecified atom stereocenters. The van der Waals surface area contributed by atoms with Crippen molar-refractivity contribution in [2.75, 3.05) is 13.2 Å². The fourth-order valence-corrected chi connectivity index (χ4v) is 3.33. The average Bonchev–Trinajstić information content (AvgIpc) is 2.59. The zero-order chi connectivity index (χ0) is 7.47. The molecule has 0 radical (unpaired) electrons. The van der Waals surface area contributed by atoms with Crippen LogP contribution in [0, 0.1) is 5.41 Å². The molecule has 3 heteroatoms. The smallest absolute Gasteiger partial charge is 0.0852 e. The molecule has 3 fully saturated rings. The number of epoxide rings is 1. The fourth-order valence-electron chi connectivity index (χ4n) is 2.21. The highest BCUT2D eigenvalue weighted by Gasteiger charge is 2.57. The number of hydrogen-bond donors (Lipinski definition) is 0. The highest BCUT2D eigenvalue weighted by atomic mass is 127. The molecule has 0 amide bonds. The average molecular weight is 266 g/mol. The third-order valence-electron chi connectivity index (χ3n) is 3.18. The molecular formula is C8H11IO2. The van der Waals surface area contributed by atoms with Gasteiger partial charge in [-0.15, -0.1) is 0 Å². The van der Waals surface area contributed by atoms with Crippen LogP contribution in [0.3, 0.4) is 0 Å². The fraction of sp³-hybridized carbons (Fsp3) is 1.00. The van der Waals surface area contributed by atoms with Crippen LogP contribution in [0.2, 0.25) is 0 Å². The van der Waals surface area contributed by atoms with Crippen LogP contribution in [0.1, 0.15) is 12.8 Å². The molecule has 3 atom stereocenters. The minimum absolute atomic E-state index is 0.512. The summed E-state index contributed by atoms with van der Waals surface area (Å²) in [5, 5.41) is 0. The molecule has 2 aliphatic heterocycles. The molecule has 0 aromatic heterocycles. The summed E-state index contributed by atoms with van der Waals surface area (Å²) in [6.07, 6.45) is 3.73. The van der Waals surface area contributed by atoms with Crippen molar-refractivity contribution in [3.05, 3.63) is 0 Å². The molecule has 2 nitrogen and oxygen atoms in total.